The molecule has 0 fully saturated rings. The van der Waals surface area contributed by atoms with E-state index < -0.39 is 11.9 Å². The third-order valence-corrected chi connectivity index (χ3v) is 1.68. The van der Waals surface area contributed by atoms with E-state index in [1.807, 2.05) is 0 Å². The van der Waals surface area contributed by atoms with E-state index in [1.54, 1.807) is 0 Å². The molecule has 0 heterocycles. The molecule has 0 bridgehead atoms. The van der Waals surface area contributed by atoms with Gasteiger partial charge in [-0.3, -0.25) is 4.79 Å². The van der Waals surface area contributed by atoms with Crippen LogP contribution in [0.15, 0.2) is 22.1 Å². The van der Waals surface area contributed by atoms with Gasteiger partial charge in [-0.05, 0) is 0 Å². The predicted octanol–water partition coefficient (Wildman–Crippen LogP) is -0.309. The Morgan fingerprint density at radius 3 is 2.05 bits per heavy atom. The molecule has 0 spiro atoms. The molecule has 0 saturated heterocycles. The molecule has 0 aliphatic carbocycles. The SMILES string of the molecule is C=C(CC(=O)OCCN=C=O)C(=O)OCCN=C=O. The van der Waals surface area contributed by atoms with E-state index in [9.17, 15) is 19.2 Å². The molecule has 0 amide bonds. The normalized spacial score (nSPS) is 8.63. The first-order valence-electron chi connectivity index (χ1n) is 5.19. The maximum absolute atomic E-state index is 11.3. The molecule has 0 unspecified atom stereocenters. The Morgan fingerprint density at radius 1 is 1.00 bits per heavy atom. The van der Waals surface area contributed by atoms with Crippen molar-refractivity contribution in [2.75, 3.05) is 26.3 Å². The first-order valence-corrected chi connectivity index (χ1v) is 5.19. The highest BCUT2D eigenvalue weighted by molar-refractivity contribution is 5.93. The molecule has 8 nitrogen and oxygen atoms in total. The largest absolute Gasteiger partial charge is 0.463 e. The molecule has 19 heavy (non-hydrogen) atoms. The molecule has 102 valence electrons. The van der Waals surface area contributed by atoms with Gasteiger partial charge >= 0.3 is 11.9 Å². The van der Waals surface area contributed by atoms with Crippen LogP contribution in [0.25, 0.3) is 0 Å². The molecule has 8 heteroatoms. The smallest absolute Gasteiger partial charge is 0.334 e. The van der Waals surface area contributed by atoms with Crippen molar-refractivity contribution in [1.29, 1.82) is 0 Å². The Hall–Kier alpha value is -2.56. The van der Waals surface area contributed by atoms with Crippen LogP contribution >= 0.6 is 0 Å². The number of esters is 2. The lowest BCUT2D eigenvalue weighted by atomic mass is 10.2. The van der Waals surface area contributed by atoms with Crippen LogP contribution in [0, 0.1) is 0 Å². The topological polar surface area (TPSA) is 111 Å². The maximum atomic E-state index is 11.3. The van der Waals surface area contributed by atoms with Gasteiger partial charge in [0.1, 0.15) is 13.2 Å². The summed E-state index contributed by atoms with van der Waals surface area (Å²) in [6.07, 6.45) is 2.24. The van der Waals surface area contributed by atoms with Gasteiger partial charge < -0.3 is 9.47 Å². The summed E-state index contributed by atoms with van der Waals surface area (Å²) in [5.41, 5.74) is -0.0843. The Morgan fingerprint density at radius 2 is 1.53 bits per heavy atom. The van der Waals surface area contributed by atoms with Crippen molar-refractivity contribution in [2.24, 2.45) is 9.98 Å². The van der Waals surface area contributed by atoms with Gasteiger partial charge in [0.15, 0.2) is 0 Å². The zero-order valence-corrected chi connectivity index (χ0v) is 10.1. The average Bonchev–Trinajstić information content (AvgIpc) is 2.39. The fourth-order valence-electron chi connectivity index (χ4n) is 0.880. The lowest BCUT2D eigenvalue weighted by Gasteiger charge is -2.05. The summed E-state index contributed by atoms with van der Waals surface area (Å²) >= 11 is 0. The molecule has 0 radical (unpaired) electrons. The first kappa shape index (κ1) is 16.4. The molecule has 0 atom stereocenters. The summed E-state index contributed by atoms with van der Waals surface area (Å²) < 4.78 is 9.32. The summed E-state index contributed by atoms with van der Waals surface area (Å²) in [7, 11) is 0. The molecule has 0 rings (SSSR count). The van der Waals surface area contributed by atoms with Crippen LogP contribution in [-0.4, -0.2) is 50.4 Å². The maximum Gasteiger partial charge on any atom is 0.334 e. The first-order chi connectivity index (χ1) is 9.11. The van der Waals surface area contributed by atoms with Crippen LogP contribution in [0.1, 0.15) is 6.42 Å². The molecule has 0 aliphatic rings. The molecule has 0 aromatic heterocycles. The number of ether oxygens (including phenoxy) is 2. The highest BCUT2D eigenvalue weighted by Crippen LogP contribution is 2.03. The molecule has 0 aliphatic heterocycles. The lowest BCUT2D eigenvalue weighted by molar-refractivity contribution is -0.146. The number of hydrogen-bond donors (Lipinski definition) is 0. The van der Waals surface area contributed by atoms with Gasteiger partial charge in [-0.1, -0.05) is 6.58 Å². The molecular weight excluding hydrogens is 256 g/mol. The van der Waals surface area contributed by atoms with E-state index in [-0.39, 0.29) is 38.3 Å². The van der Waals surface area contributed by atoms with Crippen molar-refractivity contribution in [3.05, 3.63) is 12.2 Å². The van der Waals surface area contributed by atoms with Crippen LogP contribution in [-0.2, 0) is 28.7 Å². The fraction of sp³-hybridized carbons (Fsp3) is 0.455. The average molecular weight is 268 g/mol. The van der Waals surface area contributed by atoms with Crippen LogP contribution < -0.4 is 0 Å². The van der Waals surface area contributed by atoms with Gasteiger partial charge in [-0.15, -0.1) is 0 Å². The Labute approximate surface area is 108 Å². The minimum absolute atomic E-state index is 0.00331. The minimum Gasteiger partial charge on any atom is -0.463 e. The summed E-state index contributed by atoms with van der Waals surface area (Å²) in [6, 6.07) is 0. The second-order valence-electron chi connectivity index (χ2n) is 3.08. The van der Waals surface area contributed by atoms with Crippen LogP contribution in [0.5, 0.6) is 0 Å². The second kappa shape index (κ2) is 10.6. The predicted molar refractivity (Wildman–Crippen MR) is 61.7 cm³/mol. The van der Waals surface area contributed by atoms with Crippen molar-refractivity contribution in [3.63, 3.8) is 0 Å². The zero-order chi connectivity index (χ0) is 14.5. The van der Waals surface area contributed by atoms with Gasteiger partial charge in [-0.25, -0.2) is 24.4 Å². The van der Waals surface area contributed by atoms with E-state index in [1.165, 1.54) is 12.2 Å². The number of aliphatic imine (C=N–C) groups is 2. The Balaban J connectivity index is 3.87. The van der Waals surface area contributed by atoms with Crippen LogP contribution in [0.3, 0.4) is 0 Å². The summed E-state index contributed by atoms with van der Waals surface area (Å²) in [4.78, 5) is 48.3. The third-order valence-electron chi connectivity index (χ3n) is 1.68. The number of rotatable bonds is 9. The summed E-state index contributed by atoms with van der Waals surface area (Å²) in [5, 5.41) is 0. The molecular formula is C11H12N2O6. The fourth-order valence-corrected chi connectivity index (χ4v) is 0.880. The van der Waals surface area contributed by atoms with Crippen molar-refractivity contribution >= 4 is 24.1 Å². The van der Waals surface area contributed by atoms with Gasteiger partial charge in [0.05, 0.1) is 19.5 Å². The summed E-state index contributed by atoms with van der Waals surface area (Å²) in [5.74, 6) is -1.46. The second-order valence-corrected chi connectivity index (χ2v) is 3.08. The molecule has 0 saturated carbocycles. The monoisotopic (exact) mass is 268 g/mol. The van der Waals surface area contributed by atoms with Gasteiger partial charge in [-0.2, -0.15) is 0 Å². The summed E-state index contributed by atoms with van der Waals surface area (Å²) in [6.45, 7) is 3.20. The molecule has 0 aromatic rings. The molecule has 0 N–H and O–H groups in total. The highest BCUT2D eigenvalue weighted by atomic mass is 16.5. The van der Waals surface area contributed by atoms with Crippen LogP contribution in [0.4, 0.5) is 0 Å². The van der Waals surface area contributed by atoms with E-state index >= 15 is 0 Å². The standard InChI is InChI=1S/C11H12N2O6/c1-9(11(17)19-5-3-13-8-15)6-10(16)18-4-2-12-7-14/h1-6H2. The Bertz CT molecular complexity index is 432. The highest BCUT2D eigenvalue weighted by Gasteiger charge is 2.13. The van der Waals surface area contributed by atoms with Crippen molar-refractivity contribution < 1.29 is 28.7 Å². The number of nitrogens with zero attached hydrogens (tertiary/aromatic N) is 2. The number of hydrogen-bond acceptors (Lipinski definition) is 8. The number of carbonyl (C=O) groups excluding carboxylic acids is 4. The van der Waals surface area contributed by atoms with Gasteiger partial charge in [0.25, 0.3) is 0 Å². The van der Waals surface area contributed by atoms with Crippen molar-refractivity contribution in [3.8, 4) is 0 Å². The van der Waals surface area contributed by atoms with E-state index in [4.69, 9.17) is 0 Å². The minimum atomic E-state index is -0.774. The quantitative estimate of drug-likeness (QED) is 0.186. The van der Waals surface area contributed by atoms with Gasteiger partial charge in [0, 0.05) is 5.57 Å². The lowest BCUT2D eigenvalue weighted by Crippen LogP contribution is -2.15. The van der Waals surface area contributed by atoms with E-state index in [0.717, 1.165) is 0 Å². The van der Waals surface area contributed by atoms with E-state index in [2.05, 4.69) is 26.0 Å². The third kappa shape index (κ3) is 9.17. The number of carbonyl (C=O) groups is 2. The zero-order valence-electron chi connectivity index (χ0n) is 10.1. The molecule has 0 aromatic carbocycles. The van der Waals surface area contributed by atoms with E-state index in [0.29, 0.717) is 0 Å². The van der Waals surface area contributed by atoms with Crippen molar-refractivity contribution in [2.45, 2.75) is 6.42 Å². The Kier molecular flexibility index (Phi) is 9.16. The van der Waals surface area contributed by atoms with Gasteiger partial charge in [0.2, 0.25) is 12.2 Å². The van der Waals surface area contributed by atoms with Crippen LogP contribution in [0.2, 0.25) is 0 Å². The number of isocyanates is 2. The van der Waals surface area contributed by atoms with Crippen molar-refractivity contribution in [1.82, 2.24) is 0 Å².